The minimum absolute atomic E-state index is 0.0435. The second-order valence-corrected chi connectivity index (χ2v) is 7.98. The first-order valence-corrected chi connectivity index (χ1v) is 10.1. The van der Waals surface area contributed by atoms with Crippen LogP contribution in [-0.4, -0.2) is 51.6 Å². The van der Waals surface area contributed by atoms with E-state index in [1.54, 1.807) is 18.2 Å². The zero-order valence-electron chi connectivity index (χ0n) is 15.0. The van der Waals surface area contributed by atoms with Gasteiger partial charge in [0, 0.05) is 13.1 Å². The summed E-state index contributed by atoms with van der Waals surface area (Å²) in [5.74, 6) is -1.31. The van der Waals surface area contributed by atoms with Crippen molar-refractivity contribution in [2.45, 2.75) is 11.5 Å². The third kappa shape index (κ3) is 5.06. The van der Waals surface area contributed by atoms with Crippen LogP contribution in [0.4, 0.5) is 4.39 Å². The molecule has 1 heterocycles. The number of carbonyl (C=O) groups excluding carboxylic acids is 1. The van der Waals surface area contributed by atoms with Gasteiger partial charge in [-0.1, -0.05) is 24.3 Å². The average molecular weight is 409 g/mol. The number of halogens is 1. The number of para-hydroxylation sites is 1. The normalized spacial score (nSPS) is 15.2. The van der Waals surface area contributed by atoms with Crippen LogP contribution in [0.15, 0.2) is 53.4 Å². The fourth-order valence-corrected chi connectivity index (χ4v) is 4.11. The van der Waals surface area contributed by atoms with Gasteiger partial charge in [-0.25, -0.2) is 17.6 Å². The van der Waals surface area contributed by atoms with Crippen molar-refractivity contribution >= 4 is 16.0 Å². The second-order valence-electron chi connectivity index (χ2n) is 6.04. The molecular formula is C19H20FNO6S. The molecule has 0 unspecified atom stereocenters. The highest BCUT2D eigenvalue weighted by Gasteiger charge is 2.26. The van der Waals surface area contributed by atoms with E-state index in [4.69, 9.17) is 14.2 Å². The van der Waals surface area contributed by atoms with Crippen LogP contribution in [0.2, 0.25) is 0 Å². The van der Waals surface area contributed by atoms with Gasteiger partial charge in [0.2, 0.25) is 10.0 Å². The maximum absolute atomic E-state index is 13.5. The molecule has 3 rings (SSSR count). The van der Waals surface area contributed by atoms with E-state index in [0.29, 0.717) is 31.9 Å². The van der Waals surface area contributed by atoms with Gasteiger partial charge >= 0.3 is 5.97 Å². The van der Waals surface area contributed by atoms with Crippen molar-refractivity contribution < 1.29 is 31.8 Å². The molecule has 0 N–H and O–H groups in total. The number of hydrogen-bond donors (Lipinski definition) is 0. The van der Waals surface area contributed by atoms with Crippen LogP contribution in [0.3, 0.4) is 0 Å². The molecular weight excluding hydrogens is 389 g/mol. The number of esters is 1. The van der Waals surface area contributed by atoms with Gasteiger partial charge in [0.15, 0.2) is 18.2 Å². The average Bonchev–Trinajstić information content (AvgIpc) is 2.72. The van der Waals surface area contributed by atoms with E-state index in [0.717, 1.165) is 0 Å². The molecule has 1 fully saturated rings. The van der Waals surface area contributed by atoms with E-state index in [1.165, 1.54) is 34.6 Å². The standard InChI is InChI=1S/C19H20FNO6S/c20-17-6-1-2-7-18(17)26-14-19(22)27-13-15-4-3-5-16(12-15)28(23,24)21-8-10-25-11-9-21/h1-7,12H,8-11,13-14H2. The smallest absolute Gasteiger partial charge is 0.344 e. The Hall–Kier alpha value is -2.49. The van der Waals surface area contributed by atoms with Crippen LogP contribution in [0.25, 0.3) is 0 Å². The molecule has 28 heavy (non-hydrogen) atoms. The van der Waals surface area contributed by atoms with Crippen molar-refractivity contribution in [3.05, 3.63) is 59.9 Å². The summed E-state index contributed by atoms with van der Waals surface area (Å²) >= 11 is 0. The van der Waals surface area contributed by atoms with E-state index < -0.39 is 28.4 Å². The molecule has 2 aromatic carbocycles. The molecule has 0 aromatic heterocycles. The molecule has 0 atom stereocenters. The van der Waals surface area contributed by atoms with Gasteiger partial charge in [0.05, 0.1) is 18.1 Å². The molecule has 9 heteroatoms. The number of benzene rings is 2. The lowest BCUT2D eigenvalue weighted by Crippen LogP contribution is -2.40. The van der Waals surface area contributed by atoms with Gasteiger partial charge in [0.25, 0.3) is 0 Å². The molecule has 0 amide bonds. The van der Waals surface area contributed by atoms with Gasteiger partial charge in [-0.2, -0.15) is 4.31 Å². The molecule has 150 valence electrons. The van der Waals surface area contributed by atoms with Crippen LogP contribution in [0.1, 0.15) is 5.56 Å². The number of sulfonamides is 1. The lowest BCUT2D eigenvalue weighted by atomic mass is 10.2. The molecule has 1 aliphatic heterocycles. The largest absolute Gasteiger partial charge is 0.479 e. The van der Waals surface area contributed by atoms with Gasteiger partial charge in [0.1, 0.15) is 6.61 Å². The highest BCUT2D eigenvalue weighted by Crippen LogP contribution is 2.19. The van der Waals surface area contributed by atoms with Crippen molar-refractivity contribution in [1.29, 1.82) is 0 Å². The molecule has 0 spiro atoms. The molecule has 0 saturated carbocycles. The van der Waals surface area contributed by atoms with E-state index in [9.17, 15) is 17.6 Å². The summed E-state index contributed by atoms with van der Waals surface area (Å²) < 4.78 is 55.5. The molecule has 7 nitrogen and oxygen atoms in total. The third-order valence-electron chi connectivity index (χ3n) is 4.09. The predicted molar refractivity (Wildman–Crippen MR) is 97.7 cm³/mol. The minimum Gasteiger partial charge on any atom is -0.479 e. The first-order chi connectivity index (χ1) is 13.5. The van der Waals surface area contributed by atoms with Crippen LogP contribution >= 0.6 is 0 Å². The quantitative estimate of drug-likeness (QED) is 0.651. The third-order valence-corrected chi connectivity index (χ3v) is 5.98. The van der Waals surface area contributed by atoms with Crippen LogP contribution in [-0.2, 0) is 30.9 Å². The maximum atomic E-state index is 13.5. The van der Waals surface area contributed by atoms with Crippen molar-refractivity contribution in [2.75, 3.05) is 32.9 Å². The molecule has 0 bridgehead atoms. The Morgan fingerprint density at radius 1 is 1.11 bits per heavy atom. The fourth-order valence-electron chi connectivity index (χ4n) is 2.64. The van der Waals surface area contributed by atoms with Gasteiger partial charge in [-0.05, 0) is 29.8 Å². The highest BCUT2D eigenvalue weighted by molar-refractivity contribution is 7.89. The Morgan fingerprint density at radius 2 is 1.86 bits per heavy atom. The van der Waals surface area contributed by atoms with Crippen molar-refractivity contribution in [3.8, 4) is 5.75 Å². The molecule has 0 aliphatic carbocycles. The molecule has 2 aromatic rings. The van der Waals surface area contributed by atoms with Crippen molar-refractivity contribution in [1.82, 2.24) is 4.31 Å². The van der Waals surface area contributed by atoms with E-state index in [2.05, 4.69) is 0 Å². The summed E-state index contributed by atoms with van der Waals surface area (Å²) in [5, 5.41) is 0. The van der Waals surface area contributed by atoms with Crippen LogP contribution in [0.5, 0.6) is 5.75 Å². The van der Waals surface area contributed by atoms with Gasteiger partial charge < -0.3 is 14.2 Å². The number of carbonyl (C=O) groups is 1. The van der Waals surface area contributed by atoms with Crippen LogP contribution < -0.4 is 4.74 Å². The SMILES string of the molecule is O=C(COc1ccccc1F)OCc1cccc(S(=O)(=O)N2CCOCC2)c1. The van der Waals surface area contributed by atoms with Crippen LogP contribution in [0, 0.1) is 5.82 Å². The first-order valence-electron chi connectivity index (χ1n) is 8.66. The van der Waals surface area contributed by atoms with Crippen molar-refractivity contribution in [3.63, 3.8) is 0 Å². The lowest BCUT2D eigenvalue weighted by molar-refractivity contribution is -0.147. The van der Waals surface area contributed by atoms with E-state index in [-0.39, 0.29) is 17.3 Å². The van der Waals surface area contributed by atoms with E-state index in [1.807, 2.05) is 0 Å². The molecule has 1 saturated heterocycles. The maximum Gasteiger partial charge on any atom is 0.344 e. The zero-order chi connectivity index (χ0) is 20.0. The highest BCUT2D eigenvalue weighted by atomic mass is 32.2. The zero-order valence-corrected chi connectivity index (χ0v) is 15.9. The predicted octanol–water partition coefficient (Wildman–Crippen LogP) is 1.97. The lowest BCUT2D eigenvalue weighted by Gasteiger charge is -2.26. The topological polar surface area (TPSA) is 82.1 Å². The first kappa shape index (κ1) is 20.2. The Labute approximate surface area is 162 Å². The second kappa shape index (κ2) is 9.13. The van der Waals surface area contributed by atoms with Gasteiger partial charge in [-0.3, -0.25) is 0 Å². The Balaban J connectivity index is 1.57. The summed E-state index contributed by atoms with van der Waals surface area (Å²) in [6, 6.07) is 11.9. The Morgan fingerprint density at radius 3 is 2.61 bits per heavy atom. The number of nitrogens with zero attached hydrogens (tertiary/aromatic N) is 1. The van der Waals surface area contributed by atoms with Gasteiger partial charge in [-0.15, -0.1) is 0 Å². The molecule has 0 radical (unpaired) electrons. The summed E-state index contributed by atoms with van der Waals surface area (Å²) in [4.78, 5) is 12.0. The fraction of sp³-hybridized carbons (Fsp3) is 0.316. The number of hydrogen-bond acceptors (Lipinski definition) is 6. The van der Waals surface area contributed by atoms with E-state index >= 15 is 0 Å². The number of morpholine rings is 1. The molecule has 1 aliphatic rings. The monoisotopic (exact) mass is 409 g/mol. The summed E-state index contributed by atoms with van der Waals surface area (Å²) in [6.07, 6.45) is 0. The minimum atomic E-state index is -3.63. The number of rotatable bonds is 7. The van der Waals surface area contributed by atoms with Crippen molar-refractivity contribution in [2.24, 2.45) is 0 Å². The summed E-state index contributed by atoms with van der Waals surface area (Å²) in [7, 11) is -3.63. The Kier molecular flexibility index (Phi) is 6.61. The summed E-state index contributed by atoms with van der Waals surface area (Å²) in [6.45, 7) is 0.750. The number of ether oxygens (including phenoxy) is 3. The summed E-state index contributed by atoms with van der Waals surface area (Å²) in [5.41, 5.74) is 0.522. The Bertz CT molecular complexity index is 928.